The summed E-state index contributed by atoms with van der Waals surface area (Å²) in [6, 6.07) is 6.77. The predicted octanol–water partition coefficient (Wildman–Crippen LogP) is 3.11. The van der Waals surface area contributed by atoms with Gasteiger partial charge in [-0.2, -0.15) is 0 Å². The quantitative estimate of drug-likeness (QED) is 0.832. The molecule has 2 bridgehead atoms. The summed E-state index contributed by atoms with van der Waals surface area (Å²) in [6.07, 6.45) is 6.82. The standard InChI is InChI=1S/C22H29NO3/c1-25-18-5-3-4-16-12-19-22(26-2)9-8-17(24)13-21(22,20(16)18)10-11-23(19)14-15-6-7-15/h3-5,15,19H,6-14H2,1-2H3/t19-,21-,22+/m1/s1. The number of ether oxygens (including phenoxy) is 2. The molecule has 4 aliphatic rings. The summed E-state index contributed by atoms with van der Waals surface area (Å²) in [5.41, 5.74) is 2.12. The predicted molar refractivity (Wildman–Crippen MR) is 99.7 cm³/mol. The number of ketones is 1. The van der Waals surface area contributed by atoms with Gasteiger partial charge in [-0.15, -0.1) is 0 Å². The lowest BCUT2D eigenvalue weighted by atomic mass is 9.49. The molecule has 0 unspecified atom stereocenters. The van der Waals surface area contributed by atoms with Crippen LogP contribution >= 0.6 is 0 Å². The van der Waals surface area contributed by atoms with Crippen LogP contribution in [0.25, 0.3) is 0 Å². The summed E-state index contributed by atoms with van der Waals surface area (Å²) in [5, 5.41) is 0. The van der Waals surface area contributed by atoms with Crippen LogP contribution < -0.4 is 4.74 Å². The number of Topliss-reactive ketones (excluding diaryl/α,β-unsaturated/α-hetero) is 1. The van der Waals surface area contributed by atoms with Gasteiger partial charge >= 0.3 is 0 Å². The molecule has 1 saturated heterocycles. The summed E-state index contributed by atoms with van der Waals surface area (Å²) >= 11 is 0. The molecule has 3 atom stereocenters. The van der Waals surface area contributed by atoms with Crippen LogP contribution in [0.2, 0.25) is 0 Å². The van der Waals surface area contributed by atoms with Gasteiger partial charge in [0.05, 0.1) is 12.7 Å². The van der Waals surface area contributed by atoms with E-state index < -0.39 is 0 Å². The first kappa shape index (κ1) is 16.8. The number of carbonyl (C=O) groups excluding carboxylic acids is 1. The first-order valence-electron chi connectivity index (χ1n) is 10.1. The fourth-order valence-electron chi connectivity index (χ4n) is 6.38. The molecule has 0 N–H and O–H groups in total. The second-order valence-electron chi connectivity index (χ2n) is 8.79. The van der Waals surface area contributed by atoms with Crippen molar-refractivity contribution in [1.29, 1.82) is 0 Å². The maximum Gasteiger partial charge on any atom is 0.134 e. The Morgan fingerprint density at radius 3 is 2.81 bits per heavy atom. The van der Waals surface area contributed by atoms with E-state index in [1.807, 2.05) is 7.11 Å². The molecule has 0 spiro atoms. The van der Waals surface area contributed by atoms with Crippen molar-refractivity contribution in [2.24, 2.45) is 5.92 Å². The van der Waals surface area contributed by atoms with E-state index in [9.17, 15) is 4.79 Å². The Hall–Kier alpha value is -1.39. The van der Waals surface area contributed by atoms with Crippen molar-refractivity contribution in [3.63, 3.8) is 0 Å². The van der Waals surface area contributed by atoms with Gasteiger partial charge in [0.25, 0.3) is 0 Å². The molecule has 26 heavy (non-hydrogen) atoms. The number of carbonyl (C=O) groups is 1. The van der Waals surface area contributed by atoms with Gasteiger partial charge in [0.1, 0.15) is 11.5 Å². The van der Waals surface area contributed by atoms with Crippen molar-refractivity contribution in [2.45, 2.75) is 62.0 Å². The molecule has 0 aromatic heterocycles. The van der Waals surface area contributed by atoms with Crippen molar-refractivity contribution in [2.75, 3.05) is 27.3 Å². The number of fused-ring (bicyclic) bond motifs is 1. The third kappa shape index (κ3) is 2.12. The number of nitrogens with zero attached hydrogens (tertiary/aromatic N) is 1. The van der Waals surface area contributed by atoms with E-state index in [2.05, 4.69) is 23.1 Å². The maximum absolute atomic E-state index is 12.6. The molecule has 5 rings (SSSR count). The normalized spacial score (nSPS) is 36.4. The van der Waals surface area contributed by atoms with Crippen LogP contribution in [0.5, 0.6) is 5.75 Å². The Bertz CT molecular complexity index is 743. The summed E-state index contributed by atoms with van der Waals surface area (Å²) in [5.74, 6) is 2.19. The lowest BCUT2D eigenvalue weighted by molar-refractivity contribution is -0.188. The third-order valence-electron chi connectivity index (χ3n) is 7.67. The Labute approximate surface area is 155 Å². The minimum Gasteiger partial charge on any atom is -0.496 e. The minimum atomic E-state index is -0.268. The number of hydrogen-bond donors (Lipinski definition) is 0. The van der Waals surface area contributed by atoms with Gasteiger partial charge in [0.2, 0.25) is 0 Å². The number of piperidine rings is 1. The molecule has 1 aromatic carbocycles. The molecular formula is C22H29NO3. The molecule has 3 fully saturated rings. The highest BCUT2D eigenvalue weighted by Crippen LogP contribution is 2.61. The van der Waals surface area contributed by atoms with E-state index in [0.717, 1.165) is 37.5 Å². The number of hydrogen-bond acceptors (Lipinski definition) is 4. The monoisotopic (exact) mass is 355 g/mol. The number of benzene rings is 1. The zero-order valence-corrected chi connectivity index (χ0v) is 15.9. The highest BCUT2D eigenvalue weighted by molar-refractivity contribution is 5.83. The highest BCUT2D eigenvalue weighted by Gasteiger charge is 2.66. The van der Waals surface area contributed by atoms with E-state index in [1.165, 1.54) is 30.5 Å². The van der Waals surface area contributed by atoms with Crippen LogP contribution in [0.15, 0.2) is 18.2 Å². The van der Waals surface area contributed by atoms with Gasteiger partial charge in [-0.3, -0.25) is 9.69 Å². The molecule has 1 heterocycles. The molecule has 1 aromatic rings. The largest absolute Gasteiger partial charge is 0.496 e. The SMILES string of the molecule is COc1cccc2c1[C@]13CCN(CC4CC4)[C@H](C2)[C@@]1(OC)CCC(=O)C3. The van der Waals surface area contributed by atoms with Crippen LogP contribution in [-0.2, 0) is 21.4 Å². The Kier molecular flexibility index (Phi) is 3.74. The molecule has 1 aliphatic heterocycles. The van der Waals surface area contributed by atoms with Gasteiger partial charge in [0.15, 0.2) is 0 Å². The van der Waals surface area contributed by atoms with Gasteiger partial charge in [-0.25, -0.2) is 0 Å². The summed E-state index contributed by atoms with van der Waals surface area (Å²) in [4.78, 5) is 15.3. The maximum atomic E-state index is 12.6. The first-order valence-corrected chi connectivity index (χ1v) is 10.1. The fraction of sp³-hybridized carbons (Fsp3) is 0.682. The van der Waals surface area contributed by atoms with Crippen LogP contribution in [0.1, 0.15) is 49.7 Å². The molecule has 4 heteroatoms. The average Bonchev–Trinajstić information content (AvgIpc) is 3.47. The highest BCUT2D eigenvalue weighted by atomic mass is 16.5. The lowest BCUT2D eigenvalue weighted by Crippen LogP contribution is -2.74. The smallest absolute Gasteiger partial charge is 0.134 e. The first-order chi connectivity index (χ1) is 12.6. The second-order valence-corrected chi connectivity index (χ2v) is 8.79. The van der Waals surface area contributed by atoms with Crippen LogP contribution in [-0.4, -0.2) is 49.6 Å². The van der Waals surface area contributed by atoms with Gasteiger partial charge in [-0.1, -0.05) is 12.1 Å². The molecule has 3 aliphatic carbocycles. The van der Waals surface area contributed by atoms with Crippen molar-refractivity contribution in [3.8, 4) is 5.75 Å². The topological polar surface area (TPSA) is 38.8 Å². The van der Waals surface area contributed by atoms with Crippen LogP contribution in [0.4, 0.5) is 0 Å². The van der Waals surface area contributed by atoms with E-state index in [-0.39, 0.29) is 11.0 Å². The van der Waals surface area contributed by atoms with E-state index in [4.69, 9.17) is 9.47 Å². The van der Waals surface area contributed by atoms with Gasteiger partial charge in [-0.05, 0) is 56.2 Å². The molecular weight excluding hydrogens is 326 g/mol. The van der Waals surface area contributed by atoms with Crippen LogP contribution in [0.3, 0.4) is 0 Å². The Morgan fingerprint density at radius 2 is 2.08 bits per heavy atom. The number of methoxy groups -OCH3 is 2. The zero-order valence-electron chi connectivity index (χ0n) is 15.9. The van der Waals surface area contributed by atoms with E-state index in [0.29, 0.717) is 24.7 Å². The fourth-order valence-corrected chi connectivity index (χ4v) is 6.38. The minimum absolute atomic E-state index is 0.234. The van der Waals surface area contributed by atoms with E-state index >= 15 is 0 Å². The van der Waals surface area contributed by atoms with Crippen LogP contribution in [0, 0.1) is 5.92 Å². The summed E-state index contributed by atoms with van der Waals surface area (Å²) < 4.78 is 12.2. The number of rotatable bonds is 4. The summed E-state index contributed by atoms with van der Waals surface area (Å²) in [7, 11) is 3.62. The molecule has 0 radical (unpaired) electrons. The van der Waals surface area contributed by atoms with Gasteiger partial charge in [0, 0.05) is 43.5 Å². The van der Waals surface area contributed by atoms with Gasteiger partial charge < -0.3 is 9.47 Å². The Morgan fingerprint density at radius 1 is 1.23 bits per heavy atom. The molecule has 140 valence electrons. The molecule has 4 nitrogen and oxygen atoms in total. The van der Waals surface area contributed by atoms with Crippen molar-refractivity contribution in [1.82, 2.24) is 4.90 Å². The van der Waals surface area contributed by atoms with E-state index in [1.54, 1.807) is 7.11 Å². The van der Waals surface area contributed by atoms with Crippen molar-refractivity contribution in [3.05, 3.63) is 29.3 Å². The Balaban J connectivity index is 1.70. The second kappa shape index (κ2) is 5.80. The molecule has 0 amide bonds. The average molecular weight is 355 g/mol. The van der Waals surface area contributed by atoms with Crippen molar-refractivity contribution < 1.29 is 14.3 Å². The summed E-state index contributed by atoms with van der Waals surface area (Å²) in [6.45, 7) is 2.26. The molecule has 2 saturated carbocycles. The third-order valence-corrected chi connectivity index (χ3v) is 7.67. The zero-order chi connectivity index (χ0) is 17.9. The van der Waals surface area contributed by atoms with Crippen molar-refractivity contribution >= 4 is 5.78 Å². The lowest BCUT2D eigenvalue weighted by Gasteiger charge is -2.65. The number of likely N-dealkylation sites (tertiary alicyclic amines) is 1.